The summed E-state index contributed by atoms with van der Waals surface area (Å²) in [5.74, 6) is 0.316. The third-order valence-electron chi connectivity index (χ3n) is 5.14. The molecule has 0 N–H and O–H groups in total. The molecule has 0 aliphatic carbocycles. The van der Waals surface area contributed by atoms with Crippen molar-refractivity contribution < 1.29 is 22.7 Å². The molecule has 1 aliphatic heterocycles. The first-order chi connectivity index (χ1) is 16.0. The van der Waals surface area contributed by atoms with Crippen LogP contribution in [0.15, 0.2) is 71.7 Å². The smallest absolute Gasteiger partial charge is 0.416 e. The normalized spacial score (nSPS) is 14.9. The maximum atomic E-state index is 13.4. The molecule has 5 nitrogen and oxygen atoms in total. The number of fused-ring (bicyclic) bond motifs is 1. The Hall–Kier alpha value is -3.68. The Bertz CT molecular complexity index is 1290. The number of amides is 1. The van der Waals surface area contributed by atoms with Crippen LogP contribution in [0.1, 0.15) is 37.6 Å². The number of halogens is 3. The minimum Gasteiger partial charge on any atom is -0.443 e. The van der Waals surface area contributed by atoms with Gasteiger partial charge in [-0.25, -0.2) is 9.78 Å². The number of benzene rings is 2. The SMILES string of the molecule is CC(C)(C)OC(=O)N1CCN=C1C=C(c1cccc(C(F)(F)F)c1)c1ccc2ccccc2n1. The van der Waals surface area contributed by atoms with Crippen molar-refractivity contribution in [1.29, 1.82) is 0 Å². The lowest BCUT2D eigenvalue weighted by atomic mass is 9.98. The molecule has 1 aromatic heterocycles. The standard InChI is InChI=1S/C26H24F3N3O2/c1-25(2,3)34-24(33)32-14-13-30-23(32)16-20(18-8-6-9-19(15-18)26(27,28)29)22-12-11-17-7-4-5-10-21(17)31-22/h4-12,15-16H,13-14H2,1-3H3. The van der Waals surface area contributed by atoms with Gasteiger partial charge < -0.3 is 4.74 Å². The highest BCUT2D eigenvalue weighted by molar-refractivity contribution is 6.09. The Morgan fingerprint density at radius 3 is 2.53 bits per heavy atom. The van der Waals surface area contributed by atoms with Crippen LogP contribution in [0.4, 0.5) is 18.0 Å². The maximum Gasteiger partial charge on any atom is 0.416 e. The van der Waals surface area contributed by atoms with Gasteiger partial charge in [0.25, 0.3) is 0 Å². The topological polar surface area (TPSA) is 54.8 Å². The van der Waals surface area contributed by atoms with Gasteiger partial charge in [0.1, 0.15) is 11.4 Å². The van der Waals surface area contributed by atoms with Crippen LogP contribution in [-0.4, -0.2) is 40.5 Å². The van der Waals surface area contributed by atoms with Gasteiger partial charge in [-0.3, -0.25) is 9.89 Å². The third-order valence-corrected chi connectivity index (χ3v) is 5.14. The second kappa shape index (κ2) is 8.93. The number of para-hydroxylation sites is 1. The number of hydrogen-bond acceptors (Lipinski definition) is 4. The van der Waals surface area contributed by atoms with E-state index in [9.17, 15) is 18.0 Å². The highest BCUT2D eigenvalue weighted by atomic mass is 19.4. The van der Waals surface area contributed by atoms with E-state index in [0.717, 1.165) is 17.5 Å². The summed E-state index contributed by atoms with van der Waals surface area (Å²) in [6.45, 7) is 5.98. The summed E-state index contributed by atoms with van der Waals surface area (Å²) < 4.78 is 45.8. The van der Waals surface area contributed by atoms with Crippen LogP contribution in [0.2, 0.25) is 0 Å². The van der Waals surface area contributed by atoms with Crippen molar-refractivity contribution in [2.75, 3.05) is 13.1 Å². The van der Waals surface area contributed by atoms with Crippen LogP contribution in [0.3, 0.4) is 0 Å². The molecule has 1 amide bonds. The van der Waals surface area contributed by atoms with E-state index in [-0.39, 0.29) is 0 Å². The third kappa shape index (κ3) is 5.27. The first kappa shape index (κ1) is 23.5. The fraction of sp³-hybridized carbons (Fsp3) is 0.269. The molecule has 0 radical (unpaired) electrons. The van der Waals surface area contributed by atoms with Crippen LogP contribution >= 0.6 is 0 Å². The predicted molar refractivity (Wildman–Crippen MR) is 126 cm³/mol. The van der Waals surface area contributed by atoms with Gasteiger partial charge in [0.15, 0.2) is 0 Å². The number of carbonyl (C=O) groups is 1. The zero-order chi connectivity index (χ0) is 24.5. The molecule has 0 bridgehead atoms. The van der Waals surface area contributed by atoms with Crippen molar-refractivity contribution >= 4 is 28.4 Å². The predicted octanol–water partition coefficient (Wildman–Crippen LogP) is 6.33. The average molecular weight is 467 g/mol. The first-order valence-electron chi connectivity index (χ1n) is 10.8. The number of rotatable bonds is 3. The lowest BCUT2D eigenvalue weighted by molar-refractivity contribution is -0.137. The molecule has 0 fully saturated rings. The average Bonchev–Trinajstić information content (AvgIpc) is 3.24. The fourth-order valence-corrected chi connectivity index (χ4v) is 3.60. The van der Waals surface area contributed by atoms with Gasteiger partial charge in [-0.2, -0.15) is 13.2 Å². The minimum absolute atomic E-state index is 0.316. The van der Waals surface area contributed by atoms with Gasteiger partial charge >= 0.3 is 12.3 Å². The molecule has 2 aromatic carbocycles. The molecule has 8 heteroatoms. The lowest BCUT2D eigenvalue weighted by Gasteiger charge is -2.24. The van der Waals surface area contributed by atoms with Crippen molar-refractivity contribution in [2.24, 2.45) is 4.99 Å². The van der Waals surface area contributed by atoms with E-state index in [1.807, 2.05) is 30.3 Å². The van der Waals surface area contributed by atoms with E-state index in [2.05, 4.69) is 9.98 Å². The second-order valence-electron chi connectivity index (χ2n) is 8.90. The van der Waals surface area contributed by atoms with E-state index >= 15 is 0 Å². The molecule has 3 aromatic rings. The van der Waals surface area contributed by atoms with Gasteiger partial charge in [0.05, 0.1) is 29.9 Å². The van der Waals surface area contributed by atoms with Crippen molar-refractivity contribution in [2.45, 2.75) is 32.5 Å². The fourth-order valence-electron chi connectivity index (χ4n) is 3.60. The van der Waals surface area contributed by atoms with E-state index in [1.54, 1.807) is 39.0 Å². The van der Waals surface area contributed by atoms with Crippen LogP contribution in [0.25, 0.3) is 16.5 Å². The number of alkyl halides is 3. The number of aromatic nitrogens is 1. The van der Waals surface area contributed by atoms with Crippen LogP contribution in [-0.2, 0) is 10.9 Å². The molecule has 176 valence electrons. The molecule has 0 saturated carbocycles. The van der Waals surface area contributed by atoms with Crippen molar-refractivity contribution in [3.63, 3.8) is 0 Å². The van der Waals surface area contributed by atoms with E-state index in [4.69, 9.17) is 4.74 Å². The Labute approximate surface area is 195 Å². The van der Waals surface area contributed by atoms with Gasteiger partial charge in [0.2, 0.25) is 0 Å². The number of hydrogen-bond donors (Lipinski definition) is 0. The molecule has 34 heavy (non-hydrogen) atoms. The summed E-state index contributed by atoms with van der Waals surface area (Å²) in [4.78, 5) is 23.2. The van der Waals surface area contributed by atoms with Crippen LogP contribution < -0.4 is 0 Å². The van der Waals surface area contributed by atoms with Crippen LogP contribution in [0.5, 0.6) is 0 Å². The summed E-state index contributed by atoms with van der Waals surface area (Å²) >= 11 is 0. The Morgan fingerprint density at radius 2 is 1.79 bits per heavy atom. The largest absolute Gasteiger partial charge is 0.443 e. The number of ether oxygens (including phenoxy) is 1. The van der Waals surface area contributed by atoms with Crippen molar-refractivity contribution in [3.05, 3.63) is 83.6 Å². The Balaban J connectivity index is 1.82. The zero-order valence-electron chi connectivity index (χ0n) is 19.1. The van der Waals surface area contributed by atoms with E-state index in [0.29, 0.717) is 41.3 Å². The lowest BCUT2D eigenvalue weighted by Crippen LogP contribution is -2.38. The van der Waals surface area contributed by atoms with Gasteiger partial charge in [-0.1, -0.05) is 36.4 Å². The van der Waals surface area contributed by atoms with Gasteiger partial charge in [-0.15, -0.1) is 0 Å². The van der Waals surface area contributed by atoms with Crippen molar-refractivity contribution in [1.82, 2.24) is 9.88 Å². The number of pyridine rings is 1. The quantitative estimate of drug-likeness (QED) is 0.452. The van der Waals surface area contributed by atoms with Crippen molar-refractivity contribution in [3.8, 4) is 0 Å². The zero-order valence-corrected chi connectivity index (χ0v) is 19.1. The molecule has 0 saturated heterocycles. The van der Waals surface area contributed by atoms with E-state index < -0.39 is 23.4 Å². The number of nitrogens with zero attached hydrogens (tertiary/aromatic N) is 3. The summed E-state index contributed by atoms with van der Waals surface area (Å²) in [7, 11) is 0. The van der Waals surface area contributed by atoms with Crippen LogP contribution in [0, 0.1) is 0 Å². The molecule has 0 unspecified atom stereocenters. The summed E-state index contributed by atoms with van der Waals surface area (Å²) in [6, 6.07) is 16.1. The molecule has 2 heterocycles. The maximum absolute atomic E-state index is 13.4. The molecule has 0 atom stereocenters. The number of carbonyl (C=O) groups excluding carboxylic acids is 1. The Kier molecular flexibility index (Phi) is 6.17. The molecular weight excluding hydrogens is 443 g/mol. The molecule has 4 rings (SSSR count). The summed E-state index contributed by atoms with van der Waals surface area (Å²) in [5.41, 5.74) is 0.446. The highest BCUT2D eigenvalue weighted by Crippen LogP contribution is 2.33. The van der Waals surface area contributed by atoms with Gasteiger partial charge in [0, 0.05) is 11.0 Å². The van der Waals surface area contributed by atoms with E-state index in [1.165, 1.54) is 11.0 Å². The Morgan fingerprint density at radius 1 is 1.03 bits per heavy atom. The first-order valence-corrected chi connectivity index (χ1v) is 10.8. The summed E-state index contributed by atoms with van der Waals surface area (Å²) in [6.07, 6.45) is -3.45. The molecule has 1 aliphatic rings. The second-order valence-corrected chi connectivity index (χ2v) is 8.90. The number of aliphatic imine (C=N–C) groups is 1. The van der Waals surface area contributed by atoms with Gasteiger partial charge in [-0.05, 0) is 56.7 Å². The highest BCUT2D eigenvalue weighted by Gasteiger charge is 2.31. The number of amidine groups is 1. The molecular formula is C26H24F3N3O2. The summed E-state index contributed by atoms with van der Waals surface area (Å²) in [5, 5.41) is 0.906. The minimum atomic E-state index is -4.49. The molecule has 0 spiro atoms. The monoisotopic (exact) mass is 467 g/mol.